The summed E-state index contributed by atoms with van der Waals surface area (Å²) in [5, 5.41) is 0.263. The molecule has 0 radical (unpaired) electrons. The van der Waals surface area contributed by atoms with E-state index in [2.05, 4.69) is 4.98 Å². The molecule has 33 heavy (non-hydrogen) atoms. The fraction of sp³-hybridized carbons (Fsp3) is 0.429. The number of amides is 1. The van der Waals surface area contributed by atoms with Crippen molar-refractivity contribution >= 4 is 43.3 Å². The lowest BCUT2D eigenvalue weighted by atomic mass is 10.2. The molecule has 0 N–H and O–H groups in total. The first-order valence-corrected chi connectivity index (χ1v) is 13.0. The van der Waals surface area contributed by atoms with Crippen LogP contribution in [0.4, 0.5) is 0 Å². The van der Waals surface area contributed by atoms with Crippen LogP contribution in [0, 0.1) is 6.92 Å². The van der Waals surface area contributed by atoms with Crippen molar-refractivity contribution in [1.82, 2.24) is 14.5 Å². The summed E-state index contributed by atoms with van der Waals surface area (Å²) in [4.78, 5) is 45.0. The highest BCUT2D eigenvalue weighted by Crippen LogP contribution is 2.27. The predicted octanol–water partition coefficient (Wildman–Crippen LogP) is 1.75. The number of carbonyl (C=O) groups excluding carboxylic acids is 2. The standard InChI is InChI=1S/C21H23N3O7S2/c1-3-30-21(27)18-13(2)17-19(32-18)22-12-23(20(17)26)10-16(25)24(9-15-5-4-7-31-15)14-6-8-33(28,29)11-14/h4-5,7,12,14H,3,6,8-11H2,1-2H3/t14-/m1/s1. The number of carbonyl (C=O) groups is 2. The molecular weight excluding hydrogens is 470 g/mol. The Bertz CT molecular complexity index is 1360. The molecule has 0 spiro atoms. The number of hydrogen-bond acceptors (Lipinski definition) is 9. The smallest absolute Gasteiger partial charge is 0.348 e. The molecule has 1 saturated heterocycles. The van der Waals surface area contributed by atoms with Crippen LogP contribution in [-0.2, 0) is 32.5 Å². The maximum atomic E-state index is 13.2. The van der Waals surface area contributed by atoms with Crippen molar-refractivity contribution in [3.63, 3.8) is 0 Å². The molecule has 4 heterocycles. The van der Waals surface area contributed by atoms with E-state index in [1.54, 1.807) is 26.0 Å². The number of sulfone groups is 1. The number of hydrogen-bond donors (Lipinski definition) is 0. The molecule has 1 aliphatic rings. The van der Waals surface area contributed by atoms with E-state index in [1.165, 1.54) is 22.1 Å². The van der Waals surface area contributed by atoms with Crippen molar-refractivity contribution in [2.45, 2.75) is 39.4 Å². The van der Waals surface area contributed by atoms with Crippen LogP contribution < -0.4 is 5.56 Å². The Hall–Kier alpha value is -2.99. The van der Waals surface area contributed by atoms with Gasteiger partial charge in [0.2, 0.25) is 5.91 Å². The van der Waals surface area contributed by atoms with Gasteiger partial charge in [0.15, 0.2) is 9.84 Å². The van der Waals surface area contributed by atoms with Crippen LogP contribution in [0.15, 0.2) is 33.9 Å². The van der Waals surface area contributed by atoms with Crippen molar-refractivity contribution in [3.8, 4) is 0 Å². The maximum absolute atomic E-state index is 13.2. The highest BCUT2D eigenvalue weighted by molar-refractivity contribution is 7.91. The van der Waals surface area contributed by atoms with Crippen LogP contribution in [0.25, 0.3) is 10.2 Å². The molecule has 12 heteroatoms. The van der Waals surface area contributed by atoms with Crippen molar-refractivity contribution in [2.75, 3.05) is 18.1 Å². The number of rotatable bonds is 7. The van der Waals surface area contributed by atoms with Crippen molar-refractivity contribution in [1.29, 1.82) is 0 Å². The fourth-order valence-electron chi connectivity index (χ4n) is 3.91. The van der Waals surface area contributed by atoms with Gasteiger partial charge in [-0.2, -0.15) is 0 Å². The van der Waals surface area contributed by atoms with Gasteiger partial charge >= 0.3 is 5.97 Å². The van der Waals surface area contributed by atoms with E-state index >= 15 is 0 Å². The van der Waals surface area contributed by atoms with Gasteiger partial charge in [0.05, 0.1) is 42.6 Å². The lowest BCUT2D eigenvalue weighted by Gasteiger charge is -2.27. The molecule has 0 bridgehead atoms. The van der Waals surface area contributed by atoms with Gasteiger partial charge in [-0.25, -0.2) is 18.2 Å². The van der Waals surface area contributed by atoms with Crippen molar-refractivity contribution in [2.24, 2.45) is 0 Å². The predicted molar refractivity (Wildman–Crippen MR) is 121 cm³/mol. The average molecular weight is 494 g/mol. The molecule has 0 aromatic carbocycles. The van der Waals surface area contributed by atoms with Gasteiger partial charge in [-0.15, -0.1) is 11.3 Å². The maximum Gasteiger partial charge on any atom is 0.348 e. The van der Waals surface area contributed by atoms with Gasteiger partial charge in [0, 0.05) is 6.04 Å². The van der Waals surface area contributed by atoms with Crippen LogP contribution in [-0.4, -0.2) is 58.9 Å². The third-order valence-electron chi connectivity index (χ3n) is 5.56. The topological polar surface area (TPSA) is 129 Å². The lowest BCUT2D eigenvalue weighted by molar-refractivity contribution is -0.134. The zero-order chi connectivity index (χ0) is 23.8. The van der Waals surface area contributed by atoms with Crippen LogP contribution in [0.3, 0.4) is 0 Å². The van der Waals surface area contributed by atoms with Crippen LogP contribution in [0.2, 0.25) is 0 Å². The highest BCUT2D eigenvalue weighted by atomic mass is 32.2. The Morgan fingerprint density at radius 1 is 1.39 bits per heavy atom. The minimum Gasteiger partial charge on any atom is -0.467 e. The quantitative estimate of drug-likeness (QED) is 0.455. The van der Waals surface area contributed by atoms with E-state index in [9.17, 15) is 22.8 Å². The Kier molecular flexibility index (Phi) is 6.39. The molecule has 1 atom stereocenters. The number of esters is 1. The van der Waals surface area contributed by atoms with Crippen LogP contribution >= 0.6 is 11.3 Å². The number of aryl methyl sites for hydroxylation is 1. The van der Waals surface area contributed by atoms with E-state index in [-0.39, 0.29) is 36.6 Å². The molecule has 0 saturated carbocycles. The molecule has 0 aliphatic carbocycles. The Morgan fingerprint density at radius 3 is 2.82 bits per heavy atom. The second-order valence-electron chi connectivity index (χ2n) is 7.79. The van der Waals surface area contributed by atoms with Gasteiger partial charge in [-0.1, -0.05) is 0 Å². The van der Waals surface area contributed by atoms with Crippen LogP contribution in [0.5, 0.6) is 0 Å². The Morgan fingerprint density at radius 2 is 2.18 bits per heavy atom. The molecule has 1 aliphatic heterocycles. The minimum absolute atomic E-state index is 0.0117. The summed E-state index contributed by atoms with van der Waals surface area (Å²) >= 11 is 1.07. The van der Waals surface area contributed by atoms with Gasteiger partial charge in [0.25, 0.3) is 5.56 Å². The number of ether oxygens (including phenoxy) is 1. The van der Waals surface area contributed by atoms with Crippen molar-refractivity contribution in [3.05, 3.63) is 51.3 Å². The number of aromatic nitrogens is 2. The van der Waals surface area contributed by atoms with Crippen LogP contribution in [0.1, 0.15) is 34.3 Å². The van der Waals surface area contributed by atoms with E-state index in [4.69, 9.17) is 9.15 Å². The number of nitrogens with zero attached hydrogens (tertiary/aromatic N) is 3. The summed E-state index contributed by atoms with van der Waals surface area (Å²) in [6, 6.07) is 2.89. The molecular formula is C21H23N3O7S2. The molecule has 1 amide bonds. The first-order valence-electron chi connectivity index (χ1n) is 10.4. The average Bonchev–Trinajstić information content (AvgIpc) is 3.48. The normalized spacial score (nSPS) is 17.3. The van der Waals surface area contributed by atoms with Gasteiger partial charge in [-0.05, 0) is 38.0 Å². The molecule has 4 rings (SSSR count). The first kappa shape index (κ1) is 23.2. The molecule has 176 valence electrons. The van der Waals surface area contributed by atoms with E-state index in [0.717, 1.165) is 11.3 Å². The SMILES string of the molecule is CCOC(=O)c1sc2ncn(CC(=O)N(Cc3ccco3)[C@@H]3CCS(=O)(=O)C3)c(=O)c2c1C. The molecule has 3 aromatic heterocycles. The third-order valence-corrected chi connectivity index (χ3v) is 8.49. The molecule has 1 fully saturated rings. The summed E-state index contributed by atoms with van der Waals surface area (Å²) in [5.74, 6) is -0.542. The number of furan rings is 1. The Labute approximate surface area is 193 Å². The summed E-state index contributed by atoms with van der Waals surface area (Å²) in [7, 11) is -3.23. The molecule has 10 nitrogen and oxygen atoms in total. The Balaban J connectivity index is 1.64. The zero-order valence-corrected chi connectivity index (χ0v) is 19.8. The van der Waals surface area contributed by atoms with E-state index < -0.39 is 33.3 Å². The van der Waals surface area contributed by atoms with Gasteiger partial charge in [0.1, 0.15) is 22.0 Å². The third kappa shape index (κ3) is 4.71. The van der Waals surface area contributed by atoms with Gasteiger partial charge < -0.3 is 14.1 Å². The van der Waals surface area contributed by atoms with Crippen molar-refractivity contribution < 1.29 is 27.2 Å². The fourth-order valence-corrected chi connectivity index (χ4v) is 6.68. The molecule has 3 aromatic rings. The lowest BCUT2D eigenvalue weighted by Crippen LogP contribution is -2.43. The minimum atomic E-state index is -3.23. The number of thiophene rings is 1. The number of fused-ring (bicyclic) bond motifs is 1. The first-order chi connectivity index (χ1) is 15.7. The molecule has 0 unspecified atom stereocenters. The largest absolute Gasteiger partial charge is 0.467 e. The highest BCUT2D eigenvalue weighted by Gasteiger charge is 2.35. The van der Waals surface area contributed by atoms with Gasteiger partial charge in [-0.3, -0.25) is 14.2 Å². The second-order valence-corrected chi connectivity index (χ2v) is 11.0. The van der Waals surface area contributed by atoms with E-state index in [1.807, 2.05) is 0 Å². The monoisotopic (exact) mass is 493 g/mol. The van der Waals surface area contributed by atoms with E-state index in [0.29, 0.717) is 27.5 Å². The second kappa shape index (κ2) is 9.10. The summed E-state index contributed by atoms with van der Waals surface area (Å²) in [5.41, 5.74) is 0.0108. The summed E-state index contributed by atoms with van der Waals surface area (Å²) in [6.07, 6.45) is 3.07. The summed E-state index contributed by atoms with van der Waals surface area (Å²) < 4.78 is 35.6. The summed E-state index contributed by atoms with van der Waals surface area (Å²) in [6.45, 7) is 3.33. The zero-order valence-electron chi connectivity index (χ0n) is 18.1.